The first-order valence-electron chi connectivity index (χ1n) is 22.5. The summed E-state index contributed by atoms with van der Waals surface area (Å²) in [5.74, 6) is -0.524. The Morgan fingerprint density at radius 1 is 1.02 bits per heavy atom. The van der Waals surface area contributed by atoms with Crippen LogP contribution in [0.5, 0.6) is 5.75 Å². The number of benzene rings is 2. The van der Waals surface area contributed by atoms with Gasteiger partial charge in [-0.15, -0.1) is 27.8 Å². The molecule has 6 aromatic rings. The summed E-state index contributed by atoms with van der Waals surface area (Å²) >= 11 is 2.74. The van der Waals surface area contributed by atoms with Gasteiger partial charge in [0.15, 0.2) is 8.32 Å². The maximum Gasteiger partial charge on any atom is 0.349 e. The summed E-state index contributed by atoms with van der Waals surface area (Å²) in [5, 5.41) is 40.0. The van der Waals surface area contributed by atoms with Crippen molar-refractivity contribution in [2.24, 2.45) is 5.41 Å². The van der Waals surface area contributed by atoms with Gasteiger partial charge in [-0.25, -0.2) is 9.48 Å². The number of thiophene rings is 2. The first-order chi connectivity index (χ1) is 30.1. The predicted octanol–water partition coefficient (Wildman–Crippen LogP) is 8.56. The molecule has 0 radical (unpaired) electrons. The van der Waals surface area contributed by atoms with Crippen LogP contribution >= 0.6 is 22.7 Å². The number of aromatic amines is 1. The molecule has 9 rings (SSSR count). The van der Waals surface area contributed by atoms with Gasteiger partial charge in [0.25, 0.3) is 0 Å². The molecule has 3 aliphatic rings. The van der Waals surface area contributed by atoms with Crippen LogP contribution in [0.25, 0.3) is 21.9 Å². The molecule has 63 heavy (non-hydrogen) atoms. The molecular formula is C48H60N6O6S2Si. The van der Waals surface area contributed by atoms with E-state index in [9.17, 15) is 19.8 Å². The molecule has 1 aliphatic heterocycles. The van der Waals surface area contributed by atoms with Gasteiger partial charge in [-0.05, 0) is 145 Å². The number of rotatable bonds is 15. The third-order valence-corrected chi connectivity index (χ3v) is 20.8. The van der Waals surface area contributed by atoms with E-state index in [0.717, 1.165) is 94.0 Å². The molecular weight excluding hydrogens is 849 g/mol. The number of hydrogen-bond acceptors (Lipinski definition) is 12. The van der Waals surface area contributed by atoms with Gasteiger partial charge in [0.1, 0.15) is 17.4 Å². The molecule has 2 aliphatic carbocycles. The quantitative estimate of drug-likeness (QED) is 0.0582. The maximum atomic E-state index is 13.5. The van der Waals surface area contributed by atoms with Crippen molar-refractivity contribution >= 4 is 58.9 Å². The number of likely N-dealkylation sites (tertiary alicyclic amines) is 1. The van der Waals surface area contributed by atoms with Crippen LogP contribution in [0, 0.1) is 5.41 Å². The Morgan fingerprint density at radius 2 is 1.73 bits per heavy atom. The predicted molar refractivity (Wildman–Crippen MR) is 252 cm³/mol. The van der Waals surface area contributed by atoms with Crippen LogP contribution in [0.1, 0.15) is 97.4 Å². The van der Waals surface area contributed by atoms with Crippen LogP contribution < -0.4 is 10.9 Å². The van der Waals surface area contributed by atoms with Gasteiger partial charge in [-0.1, -0.05) is 44.2 Å². The van der Waals surface area contributed by atoms with Gasteiger partial charge >= 0.3 is 5.97 Å². The molecule has 2 fully saturated rings. The summed E-state index contributed by atoms with van der Waals surface area (Å²) in [6, 6.07) is 16.4. The van der Waals surface area contributed by atoms with E-state index in [0.29, 0.717) is 28.4 Å². The number of nitrogens with one attached hydrogen (secondary N) is 2. The zero-order chi connectivity index (χ0) is 44.1. The minimum atomic E-state index is -2.22. The standard InChI is InChI=1S/C48H60N6O6S2Si/c1-46(2,3)63(4,5)60-39(34-14-16-38(55)43-35(34)15-17-42(56)50-43)28-49-27-31-26-37-44(36-11-6-10-33(31)36)54(52-51-37)23-9-22-53-29-47(30-53)20-18-32(19-21-47)59-45(57)48(58,40-12-7-24-61-40)41-13-8-25-62-41/h7-8,12-17,24-26,32,39,49,55,58H,6,9-11,18-23,27-30H2,1-5H3,(H,50,56). The highest BCUT2D eigenvalue weighted by molar-refractivity contribution is 7.12. The molecule has 1 unspecified atom stereocenters. The van der Waals surface area contributed by atoms with E-state index in [1.807, 2.05) is 29.0 Å². The third-order valence-electron chi connectivity index (χ3n) is 14.4. The molecule has 1 saturated heterocycles. The number of carbonyl (C=O) groups excluding carboxylic acids is 1. The van der Waals surface area contributed by atoms with E-state index in [-0.39, 0.29) is 34.0 Å². The largest absolute Gasteiger partial charge is 0.506 e. The first-order valence-corrected chi connectivity index (χ1v) is 27.1. The monoisotopic (exact) mass is 908 g/mol. The third kappa shape index (κ3) is 8.58. The summed E-state index contributed by atoms with van der Waals surface area (Å²) in [6.07, 6.45) is 7.38. The van der Waals surface area contributed by atoms with E-state index < -0.39 is 19.9 Å². The molecule has 0 bridgehead atoms. The molecule has 15 heteroatoms. The van der Waals surface area contributed by atoms with Crippen LogP contribution in [0.15, 0.2) is 70.2 Å². The molecule has 4 N–H and O–H groups in total. The fraction of sp³-hybridized carbons (Fsp3) is 0.500. The fourth-order valence-electron chi connectivity index (χ4n) is 9.96. The number of fused-ring (bicyclic) bond motifs is 4. The second-order valence-corrected chi connectivity index (χ2v) is 26.3. The topological polar surface area (TPSA) is 155 Å². The number of phenols is 1. The Hall–Kier alpha value is -4.22. The highest BCUT2D eigenvalue weighted by atomic mass is 32.1. The Balaban J connectivity index is 0.801. The van der Waals surface area contributed by atoms with Crippen molar-refractivity contribution < 1.29 is 24.2 Å². The number of aromatic hydroxyl groups is 1. The fourth-order valence-corrected chi connectivity index (χ4v) is 12.9. The van der Waals surface area contributed by atoms with Crippen molar-refractivity contribution in [2.75, 3.05) is 26.2 Å². The molecule has 2 aromatic carbocycles. The smallest absolute Gasteiger partial charge is 0.349 e. The summed E-state index contributed by atoms with van der Waals surface area (Å²) in [5.41, 5.74) is 5.78. The van der Waals surface area contributed by atoms with Gasteiger partial charge < -0.3 is 34.6 Å². The van der Waals surface area contributed by atoms with Crippen LogP contribution in [0.4, 0.5) is 0 Å². The van der Waals surface area contributed by atoms with Crippen LogP contribution in [-0.2, 0) is 45.5 Å². The number of carbonyl (C=O) groups is 1. The number of H-pyrrole nitrogens is 1. The molecule has 0 amide bonds. The zero-order valence-corrected chi connectivity index (χ0v) is 39.7. The molecule has 1 spiro atoms. The van der Waals surface area contributed by atoms with Crippen molar-refractivity contribution in [1.82, 2.24) is 30.2 Å². The van der Waals surface area contributed by atoms with E-state index in [1.165, 1.54) is 50.9 Å². The van der Waals surface area contributed by atoms with Gasteiger partial charge in [-0.3, -0.25) is 4.79 Å². The number of pyridine rings is 1. The number of aryl methyl sites for hydroxylation is 2. The summed E-state index contributed by atoms with van der Waals surface area (Å²) in [6.45, 7) is 16.4. The van der Waals surface area contributed by atoms with Crippen LogP contribution in [0.3, 0.4) is 0 Å². The van der Waals surface area contributed by atoms with Gasteiger partial charge in [-0.2, -0.15) is 0 Å². The molecule has 1 saturated carbocycles. The second kappa shape index (κ2) is 17.3. The van der Waals surface area contributed by atoms with Gasteiger partial charge in [0.05, 0.1) is 26.9 Å². The van der Waals surface area contributed by atoms with Crippen LogP contribution in [0.2, 0.25) is 18.1 Å². The lowest BCUT2D eigenvalue weighted by Crippen LogP contribution is -2.58. The van der Waals surface area contributed by atoms with E-state index in [4.69, 9.17) is 14.3 Å². The van der Waals surface area contributed by atoms with Crippen molar-refractivity contribution in [3.8, 4) is 5.75 Å². The zero-order valence-electron chi connectivity index (χ0n) is 37.0. The van der Waals surface area contributed by atoms with Crippen molar-refractivity contribution in [3.05, 3.63) is 108 Å². The average molecular weight is 909 g/mol. The Labute approximate surface area is 377 Å². The lowest BCUT2D eigenvalue weighted by Gasteiger charge is -2.53. The lowest BCUT2D eigenvalue weighted by atomic mass is 9.68. The summed E-state index contributed by atoms with van der Waals surface area (Å²) in [4.78, 5) is 32.3. The van der Waals surface area contributed by atoms with Crippen molar-refractivity contribution in [1.29, 1.82) is 0 Å². The number of aliphatic hydroxyl groups is 1. The summed E-state index contributed by atoms with van der Waals surface area (Å²) in [7, 11) is -2.22. The van der Waals surface area contributed by atoms with Gasteiger partial charge in [0, 0.05) is 44.2 Å². The highest BCUT2D eigenvalue weighted by Crippen LogP contribution is 2.46. The average Bonchev–Trinajstić information content (AvgIpc) is 4.09. The minimum absolute atomic E-state index is 0.00746. The van der Waals surface area contributed by atoms with Crippen molar-refractivity contribution in [2.45, 2.75) is 121 Å². The normalized spacial score (nSPS) is 17.7. The Kier molecular flexibility index (Phi) is 12.1. The molecule has 334 valence electrons. The first kappa shape index (κ1) is 44.0. The SMILES string of the molecule is CC(C)(C)[Si](C)(C)OC(CNCc1cc2nnn(CCCN3CC4(CCC(OC(=O)C(O)(c5cccs5)c5cccs5)CC4)C3)c2c2c1CCC2)c1ccc(O)c2[nH]c(=O)ccc12. The van der Waals surface area contributed by atoms with E-state index in [2.05, 4.69) is 65.0 Å². The van der Waals surface area contributed by atoms with E-state index in [1.54, 1.807) is 24.3 Å². The number of esters is 1. The van der Waals surface area contributed by atoms with Crippen molar-refractivity contribution in [3.63, 3.8) is 0 Å². The number of hydrogen-bond donors (Lipinski definition) is 4. The molecule has 12 nitrogen and oxygen atoms in total. The lowest BCUT2D eigenvalue weighted by molar-refractivity contribution is -0.171. The minimum Gasteiger partial charge on any atom is -0.506 e. The number of aromatic nitrogens is 4. The van der Waals surface area contributed by atoms with E-state index >= 15 is 0 Å². The number of phenolic OH excluding ortho intramolecular Hbond substituents is 1. The second-order valence-electron chi connectivity index (χ2n) is 19.6. The van der Waals surface area contributed by atoms with Crippen LogP contribution in [-0.4, -0.2) is 81.7 Å². The molecule has 1 atom stereocenters. The Morgan fingerprint density at radius 3 is 2.41 bits per heavy atom. The molecule has 5 heterocycles. The maximum absolute atomic E-state index is 13.5. The highest BCUT2D eigenvalue weighted by Gasteiger charge is 2.48. The number of ether oxygens (including phenoxy) is 1. The molecule has 4 aromatic heterocycles. The number of nitrogens with zero attached hydrogens (tertiary/aromatic N) is 4. The summed E-state index contributed by atoms with van der Waals surface area (Å²) < 4.78 is 15.2. The Bertz CT molecular complexity index is 2600. The van der Waals surface area contributed by atoms with Gasteiger partial charge in [0.2, 0.25) is 11.2 Å².